The van der Waals surface area contributed by atoms with Crippen LogP contribution < -0.4 is 10.6 Å². The number of ether oxygens (including phenoxy) is 1. The van der Waals surface area contributed by atoms with Gasteiger partial charge in [0.2, 0.25) is 0 Å². The van der Waals surface area contributed by atoms with E-state index in [4.69, 9.17) is 27.9 Å². The fourth-order valence-electron chi connectivity index (χ4n) is 1.43. The third-order valence-electron chi connectivity index (χ3n) is 2.33. The van der Waals surface area contributed by atoms with Crippen molar-refractivity contribution in [3.05, 3.63) is 28.2 Å². The molecule has 0 spiro atoms. The summed E-state index contributed by atoms with van der Waals surface area (Å²) in [7, 11) is 0. The van der Waals surface area contributed by atoms with Crippen molar-refractivity contribution in [3.63, 3.8) is 0 Å². The zero-order chi connectivity index (χ0) is 15.0. The number of esters is 1. The third-order valence-corrected chi connectivity index (χ3v) is 2.88. The number of anilines is 1. The molecule has 0 saturated heterocycles. The van der Waals surface area contributed by atoms with Crippen LogP contribution in [0.5, 0.6) is 0 Å². The lowest BCUT2D eigenvalue weighted by atomic mass is 10.3. The van der Waals surface area contributed by atoms with Crippen LogP contribution in [0.25, 0.3) is 0 Å². The Kier molecular flexibility index (Phi) is 7.18. The molecule has 0 fully saturated rings. The highest BCUT2D eigenvalue weighted by atomic mass is 35.5. The second-order valence-corrected chi connectivity index (χ2v) is 4.76. The Morgan fingerprint density at radius 3 is 2.70 bits per heavy atom. The van der Waals surface area contributed by atoms with E-state index >= 15 is 0 Å². The van der Waals surface area contributed by atoms with Crippen molar-refractivity contribution >= 4 is 40.9 Å². The maximum absolute atomic E-state index is 11.6. The van der Waals surface area contributed by atoms with Crippen molar-refractivity contribution in [2.45, 2.75) is 19.8 Å². The Labute approximate surface area is 127 Å². The predicted octanol–water partition coefficient (Wildman–Crippen LogP) is 3.46. The second-order valence-electron chi connectivity index (χ2n) is 3.91. The molecule has 20 heavy (non-hydrogen) atoms. The summed E-state index contributed by atoms with van der Waals surface area (Å²) in [5.74, 6) is -0.268. The Hall–Kier alpha value is -1.46. The highest BCUT2D eigenvalue weighted by molar-refractivity contribution is 6.36. The summed E-state index contributed by atoms with van der Waals surface area (Å²) < 4.78 is 4.77. The Morgan fingerprint density at radius 1 is 1.30 bits per heavy atom. The maximum Gasteiger partial charge on any atom is 0.319 e. The minimum absolute atomic E-state index is 0.268. The van der Waals surface area contributed by atoms with Crippen molar-refractivity contribution in [2.75, 3.05) is 18.5 Å². The van der Waals surface area contributed by atoms with Crippen LogP contribution in [0.1, 0.15) is 19.8 Å². The highest BCUT2D eigenvalue weighted by Crippen LogP contribution is 2.25. The normalized spacial score (nSPS) is 9.95. The third kappa shape index (κ3) is 6.12. The summed E-state index contributed by atoms with van der Waals surface area (Å²) in [5.41, 5.74) is 0.471. The first-order valence-electron chi connectivity index (χ1n) is 6.18. The Morgan fingerprint density at radius 2 is 2.05 bits per heavy atom. The van der Waals surface area contributed by atoms with Gasteiger partial charge in [0, 0.05) is 18.0 Å². The van der Waals surface area contributed by atoms with Crippen molar-refractivity contribution in [2.24, 2.45) is 0 Å². The lowest BCUT2D eigenvalue weighted by Crippen LogP contribution is -2.30. The van der Waals surface area contributed by atoms with Crippen molar-refractivity contribution in [1.29, 1.82) is 0 Å². The number of amides is 2. The molecule has 1 aromatic carbocycles. The SMILES string of the molecule is CCOC(=O)CCCNC(=O)Nc1ccc(Cl)cc1Cl. The average molecular weight is 319 g/mol. The van der Waals surface area contributed by atoms with Crippen molar-refractivity contribution in [3.8, 4) is 0 Å². The molecule has 7 heteroatoms. The van der Waals surface area contributed by atoms with Gasteiger partial charge in [0.1, 0.15) is 0 Å². The van der Waals surface area contributed by atoms with Crippen LogP contribution in [-0.4, -0.2) is 25.2 Å². The van der Waals surface area contributed by atoms with Gasteiger partial charge in [-0.3, -0.25) is 4.79 Å². The van der Waals surface area contributed by atoms with Crippen molar-refractivity contribution < 1.29 is 14.3 Å². The number of carbonyl (C=O) groups is 2. The lowest BCUT2D eigenvalue weighted by Gasteiger charge is -2.09. The van der Waals surface area contributed by atoms with E-state index in [9.17, 15) is 9.59 Å². The van der Waals surface area contributed by atoms with Gasteiger partial charge in [0.15, 0.2) is 0 Å². The number of halogens is 2. The topological polar surface area (TPSA) is 67.4 Å². The molecule has 2 amide bonds. The van der Waals surface area contributed by atoms with Gasteiger partial charge in [-0.05, 0) is 31.5 Å². The molecule has 0 unspecified atom stereocenters. The van der Waals surface area contributed by atoms with Crippen LogP contribution >= 0.6 is 23.2 Å². The minimum Gasteiger partial charge on any atom is -0.466 e. The largest absolute Gasteiger partial charge is 0.466 e. The number of rotatable bonds is 6. The molecule has 0 aromatic heterocycles. The average Bonchev–Trinajstić information content (AvgIpc) is 2.38. The Bertz CT molecular complexity index is 481. The second kappa shape index (κ2) is 8.66. The molecule has 0 aliphatic rings. The van der Waals surface area contributed by atoms with Crippen LogP contribution in [0.3, 0.4) is 0 Å². The number of hydrogen-bond donors (Lipinski definition) is 2. The summed E-state index contributed by atoms with van der Waals surface area (Å²) in [6, 6.07) is 4.39. The molecular weight excluding hydrogens is 303 g/mol. The monoisotopic (exact) mass is 318 g/mol. The molecule has 5 nitrogen and oxygen atoms in total. The summed E-state index contributed by atoms with van der Waals surface area (Å²) in [6.45, 7) is 2.48. The molecule has 0 saturated carbocycles. The van der Waals surface area contributed by atoms with Gasteiger partial charge in [-0.25, -0.2) is 4.79 Å². The molecule has 0 heterocycles. The molecule has 0 atom stereocenters. The maximum atomic E-state index is 11.6. The molecule has 0 bridgehead atoms. The molecule has 0 radical (unpaired) electrons. The van der Waals surface area contributed by atoms with Gasteiger partial charge in [0.25, 0.3) is 0 Å². The first-order valence-corrected chi connectivity index (χ1v) is 6.94. The fraction of sp³-hybridized carbons (Fsp3) is 0.385. The number of urea groups is 1. The number of carbonyl (C=O) groups excluding carboxylic acids is 2. The van der Waals surface area contributed by atoms with E-state index in [2.05, 4.69) is 10.6 Å². The van der Waals surface area contributed by atoms with Crippen LogP contribution in [0, 0.1) is 0 Å². The van der Waals surface area contributed by atoms with E-state index in [1.54, 1.807) is 25.1 Å². The first kappa shape index (κ1) is 16.6. The first-order chi connectivity index (χ1) is 9.52. The number of benzene rings is 1. The quantitative estimate of drug-likeness (QED) is 0.623. The molecular formula is C13H16Cl2N2O3. The van der Waals surface area contributed by atoms with Gasteiger partial charge < -0.3 is 15.4 Å². The minimum atomic E-state index is -0.391. The van der Waals surface area contributed by atoms with Crippen LogP contribution in [0.2, 0.25) is 10.0 Å². The van der Waals surface area contributed by atoms with E-state index in [-0.39, 0.29) is 12.4 Å². The predicted molar refractivity (Wildman–Crippen MR) is 79.4 cm³/mol. The van der Waals surface area contributed by atoms with Crippen LogP contribution in [-0.2, 0) is 9.53 Å². The molecule has 0 aliphatic heterocycles. The van der Waals surface area contributed by atoms with Gasteiger partial charge in [-0.2, -0.15) is 0 Å². The van der Waals surface area contributed by atoms with E-state index in [1.165, 1.54) is 0 Å². The summed E-state index contributed by atoms with van der Waals surface area (Å²) in [4.78, 5) is 22.7. The number of nitrogens with one attached hydrogen (secondary N) is 2. The molecule has 1 aromatic rings. The highest BCUT2D eigenvalue weighted by Gasteiger charge is 2.06. The standard InChI is InChI=1S/C13H16Cl2N2O3/c1-2-20-12(18)4-3-7-16-13(19)17-11-6-5-9(14)8-10(11)15/h5-6,8H,2-4,7H2,1H3,(H2,16,17,19). The van der Waals surface area contributed by atoms with Crippen LogP contribution in [0.4, 0.5) is 10.5 Å². The molecule has 2 N–H and O–H groups in total. The van der Waals surface area contributed by atoms with Crippen LogP contribution in [0.15, 0.2) is 18.2 Å². The van der Waals surface area contributed by atoms with E-state index < -0.39 is 6.03 Å². The molecule has 110 valence electrons. The van der Waals surface area contributed by atoms with Gasteiger partial charge in [-0.1, -0.05) is 23.2 Å². The van der Waals surface area contributed by atoms with Gasteiger partial charge in [-0.15, -0.1) is 0 Å². The zero-order valence-electron chi connectivity index (χ0n) is 11.0. The molecule has 0 aliphatic carbocycles. The van der Waals surface area contributed by atoms with E-state index in [0.717, 1.165) is 0 Å². The van der Waals surface area contributed by atoms with E-state index in [0.29, 0.717) is 35.3 Å². The van der Waals surface area contributed by atoms with Crippen molar-refractivity contribution in [1.82, 2.24) is 5.32 Å². The summed E-state index contributed by atoms with van der Waals surface area (Å²) >= 11 is 11.7. The smallest absolute Gasteiger partial charge is 0.319 e. The fourth-order valence-corrected chi connectivity index (χ4v) is 1.88. The zero-order valence-corrected chi connectivity index (χ0v) is 12.6. The summed E-state index contributed by atoms with van der Waals surface area (Å²) in [5, 5.41) is 6.07. The van der Waals surface area contributed by atoms with Gasteiger partial charge in [0.05, 0.1) is 17.3 Å². The lowest BCUT2D eigenvalue weighted by molar-refractivity contribution is -0.143. The Balaban J connectivity index is 2.28. The molecule has 1 rings (SSSR count). The summed E-state index contributed by atoms with van der Waals surface area (Å²) in [6.07, 6.45) is 0.788. The number of hydrogen-bond acceptors (Lipinski definition) is 3. The van der Waals surface area contributed by atoms with E-state index in [1.807, 2.05) is 0 Å². The van der Waals surface area contributed by atoms with Gasteiger partial charge >= 0.3 is 12.0 Å².